The number of carbonyl (C=O) groups is 1. The van der Waals surface area contributed by atoms with Gasteiger partial charge in [-0.25, -0.2) is 0 Å². The summed E-state index contributed by atoms with van der Waals surface area (Å²) in [5.74, 6) is 2.45. The first kappa shape index (κ1) is 24.9. The van der Waals surface area contributed by atoms with E-state index in [2.05, 4.69) is 49.2 Å². The van der Waals surface area contributed by atoms with E-state index in [4.69, 9.17) is 14.2 Å². The number of methoxy groups -OCH3 is 3. The number of hydrogen-bond acceptors (Lipinski definition) is 5. The molecule has 4 rings (SSSR count). The number of carbonyl (C=O) groups excluding carboxylic acids is 1. The highest BCUT2D eigenvalue weighted by Crippen LogP contribution is 2.32. The first-order valence-corrected chi connectivity index (χ1v) is 12.2. The Morgan fingerprint density at radius 2 is 1.60 bits per heavy atom. The second-order valence-electron chi connectivity index (χ2n) is 9.27. The first-order valence-electron chi connectivity index (χ1n) is 12.2. The molecular formula is C29H36N2O4. The van der Waals surface area contributed by atoms with Crippen molar-refractivity contribution < 1.29 is 19.0 Å². The van der Waals surface area contributed by atoms with Gasteiger partial charge in [-0.1, -0.05) is 18.2 Å². The average molecular weight is 477 g/mol. The van der Waals surface area contributed by atoms with Gasteiger partial charge in [-0.15, -0.1) is 0 Å². The molecule has 0 radical (unpaired) electrons. The van der Waals surface area contributed by atoms with Gasteiger partial charge in [0.2, 0.25) is 5.91 Å². The van der Waals surface area contributed by atoms with E-state index in [0.717, 1.165) is 55.1 Å². The van der Waals surface area contributed by atoms with Gasteiger partial charge in [-0.3, -0.25) is 9.69 Å². The van der Waals surface area contributed by atoms with Gasteiger partial charge in [0, 0.05) is 25.7 Å². The minimum absolute atomic E-state index is 0.177. The van der Waals surface area contributed by atoms with Gasteiger partial charge in [0.25, 0.3) is 0 Å². The maximum Gasteiger partial charge on any atom is 0.227 e. The largest absolute Gasteiger partial charge is 0.497 e. The lowest BCUT2D eigenvalue weighted by Gasteiger charge is -2.27. The Morgan fingerprint density at radius 1 is 0.914 bits per heavy atom. The lowest BCUT2D eigenvalue weighted by Crippen LogP contribution is -2.35. The van der Waals surface area contributed by atoms with Crippen LogP contribution in [0.1, 0.15) is 36.1 Å². The van der Waals surface area contributed by atoms with Gasteiger partial charge in [0.05, 0.1) is 27.8 Å². The molecule has 0 aromatic heterocycles. The van der Waals surface area contributed by atoms with Gasteiger partial charge in [0.1, 0.15) is 5.75 Å². The number of fused-ring (bicyclic) bond motifs is 2. The number of benzene rings is 3. The Hall–Kier alpha value is -3.25. The Bertz CT molecular complexity index is 1190. The van der Waals surface area contributed by atoms with Crippen LogP contribution >= 0.6 is 0 Å². The van der Waals surface area contributed by atoms with Gasteiger partial charge >= 0.3 is 0 Å². The predicted molar refractivity (Wildman–Crippen MR) is 140 cm³/mol. The minimum Gasteiger partial charge on any atom is -0.497 e. The van der Waals surface area contributed by atoms with Crippen LogP contribution in [0.15, 0.2) is 48.5 Å². The topological polar surface area (TPSA) is 51.2 Å². The molecule has 6 heteroatoms. The lowest BCUT2D eigenvalue weighted by atomic mass is 10.0. The normalized spacial score (nSPS) is 14.6. The highest BCUT2D eigenvalue weighted by molar-refractivity contribution is 5.84. The van der Waals surface area contributed by atoms with Crippen LogP contribution in [-0.4, -0.2) is 63.7 Å². The Kier molecular flexibility index (Phi) is 7.81. The lowest BCUT2D eigenvalue weighted by molar-refractivity contribution is -0.130. The second-order valence-corrected chi connectivity index (χ2v) is 9.27. The fraction of sp³-hybridized carbons (Fsp3) is 0.414. The highest BCUT2D eigenvalue weighted by atomic mass is 16.5. The second kappa shape index (κ2) is 11.0. The standard InChI is InChI=1S/C29H36N2O4/c1-20(21-7-8-23-16-26(33-3)10-9-22(23)15-21)30(2)12-6-13-31-14-11-24-17-27(34-4)28(35-5)18-25(24)19-29(31)32/h7-10,15-18,20H,6,11-14,19H2,1-5H3. The molecule has 1 unspecified atom stereocenters. The number of rotatable bonds is 9. The maximum absolute atomic E-state index is 13.0. The molecule has 0 aliphatic carbocycles. The van der Waals surface area contributed by atoms with Crippen molar-refractivity contribution in [2.45, 2.75) is 32.2 Å². The smallest absolute Gasteiger partial charge is 0.227 e. The number of ether oxygens (including phenoxy) is 3. The summed E-state index contributed by atoms with van der Waals surface area (Å²) in [5, 5.41) is 2.39. The molecule has 1 aliphatic heterocycles. The van der Waals surface area contributed by atoms with Crippen LogP contribution < -0.4 is 14.2 Å². The van der Waals surface area contributed by atoms with Crippen molar-refractivity contribution in [3.8, 4) is 17.2 Å². The van der Waals surface area contributed by atoms with Crippen LogP contribution in [0.5, 0.6) is 17.2 Å². The molecule has 1 heterocycles. The molecule has 0 bridgehead atoms. The van der Waals surface area contributed by atoms with Crippen molar-refractivity contribution in [3.63, 3.8) is 0 Å². The fourth-order valence-corrected chi connectivity index (χ4v) is 4.84. The molecule has 1 aliphatic rings. The molecule has 1 atom stereocenters. The van der Waals surface area contributed by atoms with Crippen LogP contribution in [0.25, 0.3) is 10.8 Å². The summed E-state index contributed by atoms with van der Waals surface area (Å²) < 4.78 is 16.2. The molecule has 186 valence electrons. The fourth-order valence-electron chi connectivity index (χ4n) is 4.84. The highest BCUT2D eigenvalue weighted by Gasteiger charge is 2.23. The first-order chi connectivity index (χ1) is 16.9. The summed E-state index contributed by atoms with van der Waals surface area (Å²) >= 11 is 0. The van der Waals surface area contributed by atoms with E-state index in [-0.39, 0.29) is 11.9 Å². The van der Waals surface area contributed by atoms with E-state index in [0.29, 0.717) is 12.2 Å². The number of amides is 1. The molecule has 35 heavy (non-hydrogen) atoms. The quantitative estimate of drug-likeness (QED) is 0.441. The van der Waals surface area contributed by atoms with Crippen molar-refractivity contribution in [1.29, 1.82) is 0 Å². The predicted octanol–water partition coefficient (Wildman–Crippen LogP) is 4.88. The summed E-state index contributed by atoms with van der Waals surface area (Å²) in [5.41, 5.74) is 3.49. The van der Waals surface area contributed by atoms with Crippen molar-refractivity contribution in [3.05, 3.63) is 65.2 Å². The molecule has 0 saturated carbocycles. The Morgan fingerprint density at radius 3 is 2.31 bits per heavy atom. The summed E-state index contributed by atoms with van der Waals surface area (Å²) in [6.45, 7) is 4.64. The third-order valence-electron chi connectivity index (χ3n) is 7.21. The third kappa shape index (κ3) is 5.54. The third-order valence-corrected chi connectivity index (χ3v) is 7.21. The van der Waals surface area contributed by atoms with Gasteiger partial charge in [0.15, 0.2) is 11.5 Å². The van der Waals surface area contributed by atoms with Crippen LogP contribution in [0, 0.1) is 0 Å². The average Bonchev–Trinajstić information content (AvgIpc) is 3.04. The molecule has 0 spiro atoms. The zero-order valence-electron chi connectivity index (χ0n) is 21.5. The van der Waals surface area contributed by atoms with Crippen LogP contribution in [0.4, 0.5) is 0 Å². The van der Waals surface area contributed by atoms with Gasteiger partial charge < -0.3 is 19.1 Å². The van der Waals surface area contributed by atoms with Gasteiger partial charge in [-0.05, 0) is 84.6 Å². The van der Waals surface area contributed by atoms with Crippen LogP contribution in [-0.2, 0) is 17.6 Å². The summed E-state index contributed by atoms with van der Waals surface area (Å²) in [6, 6.07) is 17.0. The summed E-state index contributed by atoms with van der Waals surface area (Å²) in [6.07, 6.45) is 2.17. The zero-order chi connectivity index (χ0) is 24.9. The summed E-state index contributed by atoms with van der Waals surface area (Å²) in [4.78, 5) is 17.3. The molecule has 0 N–H and O–H groups in total. The number of nitrogens with zero attached hydrogens (tertiary/aromatic N) is 2. The van der Waals surface area contributed by atoms with Crippen molar-refractivity contribution in [2.75, 3.05) is 48.0 Å². The van der Waals surface area contributed by atoms with Crippen molar-refractivity contribution in [2.24, 2.45) is 0 Å². The SMILES string of the molecule is COc1ccc2cc(C(C)N(C)CCCN3CCc4cc(OC)c(OC)cc4CC3=O)ccc2c1. The van der Waals surface area contributed by atoms with Crippen molar-refractivity contribution in [1.82, 2.24) is 9.80 Å². The zero-order valence-corrected chi connectivity index (χ0v) is 21.5. The molecule has 0 fully saturated rings. The molecule has 0 saturated heterocycles. The summed E-state index contributed by atoms with van der Waals surface area (Å²) in [7, 11) is 7.12. The van der Waals surface area contributed by atoms with E-state index in [9.17, 15) is 4.79 Å². The monoisotopic (exact) mass is 476 g/mol. The van der Waals surface area contributed by atoms with Gasteiger partial charge in [-0.2, -0.15) is 0 Å². The van der Waals surface area contributed by atoms with E-state index in [1.807, 2.05) is 23.1 Å². The maximum atomic E-state index is 13.0. The molecule has 3 aromatic carbocycles. The molecule has 1 amide bonds. The molecule has 3 aromatic rings. The molecular weight excluding hydrogens is 440 g/mol. The van der Waals surface area contributed by atoms with Crippen LogP contribution in [0.3, 0.4) is 0 Å². The molecule has 6 nitrogen and oxygen atoms in total. The Labute approximate surface area is 208 Å². The van der Waals surface area contributed by atoms with E-state index < -0.39 is 0 Å². The van der Waals surface area contributed by atoms with Crippen LogP contribution in [0.2, 0.25) is 0 Å². The van der Waals surface area contributed by atoms with E-state index in [1.165, 1.54) is 16.3 Å². The van der Waals surface area contributed by atoms with E-state index in [1.54, 1.807) is 21.3 Å². The minimum atomic E-state index is 0.177. The van der Waals surface area contributed by atoms with E-state index >= 15 is 0 Å². The Balaban J connectivity index is 1.34. The van der Waals surface area contributed by atoms with Crippen molar-refractivity contribution >= 4 is 16.7 Å². The number of hydrogen-bond donors (Lipinski definition) is 0.